The van der Waals surface area contributed by atoms with Crippen molar-refractivity contribution < 1.29 is 9.53 Å². The van der Waals surface area contributed by atoms with Crippen LogP contribution in [-0.2, 0) is 4.79 Å². The van der Waals surface area contributed by atoms with Crippen LogP contribution in [-0.4, -0.2) is 37.6 Å². The van der Waals surface area contributed by atoms with Crippen LogP contribution in [0.3, 0.4) is 0 Å². The van der Waals surface area contributed by atoms with E-state index in [-0.39, 0.29) is 11.9 Å². The van der Waals surface area contributed by atoms with E-state index in [2.05, 4.69) is 0 Å². The molecule has 4 rings (SSSR count). The quantitative estimate of drug-likeness (QED) is 0.308. The molecule has 164 valence electrons. The van der Waals surface area contributed by atoms with Gasteiger partial charge >= 0.3 is 0 Å². The fraction of sp³-hybridized carbons (Fsp3) is 0.208. The Morgan fingerprint density at radius 1 is 1.22 bits per heavy atom. The summed E-state index contributed by atoms with van der Waals surface area (Å²) in [6.07, 6.45) is 3.77. The van der Waals surface area contributed by atoms with Crippen molar-refractivity contribution >= 4 is 51.9 Å². The summed E-state index contributed by atoms with van der Waals surface area (Å²) >= 11 is 13.2. The van der Waals surface area contributed by atoms with E-state index in [4.69, 9.17) is 33.7 Å². The molecule has 8 heteroatoms. The number of aromatic nitrogens is 2. The van der Waals surface area contributed by atoms with Crippen LogP contribution < -0.4 is 4.74 Å². The lowest BCUT2D eigenvalue weighted by Gasteiger charge is -2.18. The maximum absolute atomic E-state index is 12.9. The number of nitrogens with zero attached hydrogens (tertiary/aromatic N) is 3. The van der Waals surface area contributed by atoms with Gasteiger partial charge in [-0.05, 0) is 57.2 Å². The van der Waals surface area contributed by atoms with E-state index >= 15 is 0 Å². The molecule has 2 heterocycles. The summed E-state index contributed by atoms with van der Waals surface area (Å²) < 4.78 is 7.93. The number of carbonyl (C=O) groups is 1. The van der Waals surface area contributed by atoms with Crippen molar-refractivity contribution in [1.82, 2.24) is 14.7 Å². The van der Waals surface area contributed by atoms with Gasteiger partial charge in [-0.25, -0.2) is 4.68 Å². The number of benzene rings is 2. The summed E-state index contributed by atoms with van der Waals surface area (Å²) in [6.45, 7) is 6.35. The highest BCUT2D eigenvalue weighted by atomic mass is 35.5. The second-order valence-corrected chi connectivity index (χ2v) is 9.52. The van der Waals surface area contributed by atoms with Gasteiger partial charge in [-0.2, -0.15) is 5.10 Å². The Labute approximate surface area is 202 Å². The molecule has 0 saturated carbocycles. The smallest absolute Gasteiger partial charge is 0.266 e. The van der Waals surface area contributed by atoms with Gasteiger partial charge in [-0.3, -0.25) is 9.69 Å². The second kappa shape index (κ2) is 9.48. The van der Waals surface area contributed by atoms with Crippen LogP contribution in [0.4, 0.5) is 0 Å². The minimum absolute atomic E-state index is 0.00447. The van der Waals surface area contributed by atoms with E-state index in [0.29, 0.717) is 32.3 Å². The number of ether oxygens (including phenoxy) is 1. The molecule has 0 atom stereocenters. The monoisotopic (exact) mass is 483 g/mol. The van der Waals surface area contributed by atoms with E-state index in [9.17, 15) is 4.79 Å². The van der Waals surface area contributed by atoms with Crippen LogP contribution >= 0.6 is 35.6 Å². The van der Waals surface area contributed by atoms with Crippen molar-refractivity contribution in [1.29, 1.82) is 0 Å². The lowest BCUT2D eigenvalue weighted by molar-refractivity contribution is -0.123. The van der Waals surface area contributed by atoms with Crippen LogP contribution in [0.1, 0.15) is 26.3 Å². The van der Waals surface area contributed by atoms with Gasteiger partial charge in [0.15, 0.2) is 0 Å². The Morgan fingerprint density at radius 2 is 1.97 bits per heavy atom. The molecule has 32 heavy (non-hydrogen) atoms. The van der Waals surface area contributed by atoms with E-state index in [1.54, 1.807) is 9.58 Å². The molecule has 0 spiro atoms. The Kier molecular flexibility index (Phi) is 6.69. The van der Waals surface area contributed by atoms with Crippen LogP contribution in [0, 0.1) is 0 Å². The largest absolute Gasteiger partial charge is 0.492 e. The fourth-order valence-electron chi connectivity index (χ4n) is 3.42. The van der Waals surface area contributed by atoms with Gasteiger partial charge in [0.05, 0.1) is 22.2 Å². The van der Waals surface area contributed by atoms with E-state index in [1.807, 2.05) is 81.6 Å². The van der Waals surface area contributed by atoms with Crippen molar-refractivity contribution in [3.63, 3.8) is 0 Å². The van der Waals surface area contributed by atoms with E-state index < -0.39 is 0 Å². The lowest BCUT2D eigenvalue weighted by Crippen LogP contribution is -2.34. The minimum atomic E-state index is -0.0851. The first-order valence-electron chi connectivity index (χ1n) is 10.2. The normalized spacial score (nSPS) is 15.3. The first kappa shape index (κ1) is 22.6. The molecular weight excluding hydrogens is 462 g/mol. The molecule has 1 saturated heterocycles. The topological polar surface area (TPSA) is 47.4 Å². The maximum atomic E-state index is 12.9. The molecule has 0 N–H and O–H groups in total. The molecule has 0 unspecified atom stereocenters. The number of amides is 1. The number of carbonyl (C=O) groups excluding carboxylic acids is 1. The highest BCUT2D eigenvalue weighted by molar-refractivity contribution is 8.26. The predicted octanol–water partition coefficient (Wildman–Crippen LogP) is 6.20. The van der Waals surface area contributed by atoms with Crippen LogP contribution in [0.2, 0.25) is 5.02 Å². The van der Waals surface area contributed by atoms with Crippen LogP contribution in [0.15, 0.2) is 59.6 Å². The number of halogens is 1. The van der Waals surface area contributed by atoms with Gasteiger partial charge in [0, 0.05) is 23.4 Å². The molecule has 1 amide bonds. The zero-order chi connectivity index (χ0) is 22.8. The lowest BCUT2D eigenvalue weighted by atomic mass is 10.1. The Bertz CT molecular complexity index is 1210. The fourth-order valence-corrected chi connectivity index (χ4v) is 5.17. The minimum Gasteiger partial charge on any atom is -0.492 e. The van der Waals surface area contributed by atoms with Crippen LogP contribution in [0.5, 0.6) is 5.75 Å². The highest BCUT2D eigenvalue weighted by Gasteiger charge is 2.34. The number of thiocarbonyl (C=S) groups is 1. The van der Waals surface area contributed by atoms with Gasteiger partial charge in [0.1, 0.15) is 15.8 Å². The number of thioether (sulfide) groups is 1. The highest BCUT2D eigenvalue weighted by Crippen LogP contribution is 2.37. The van der Waals surface area contributed by atoms with E-state index in [1.165, 1.54) is 11.8 Å². The van der Waals surface area contributed by atoms with Crippen LogP contribution in [0.25, 0.3) is 23.0 Å². The molecule has 0 radical (unpaired) electrons. The van der Waals surface area contributed by atoms with Gasteiger partial charge in [-0.1, -0.05) is 53.8 Å². The first-order valence-corrected chi connectivity index (χ1v) is 11.8. The Balaban J connectivity index is 1.81. The summed E-state index contributed by atoms with van der Waals surface area (Å²) in [5, 5.41) is 5.32. The SMILES string of the molecule is CCOc1ccc(-c2nn(-c3ccccc3)cc2/C=C2/SC(=S)N(C(C)C)C2=O)cc1Cl. The zero-order valence-electron chi connectivity index (χ0n) is 17.9. The Morgan fingerprint density at radius 3 is 2.59 bits per heavy atom. The third-order valence-electron chi connectivity index (χ3n) is 4.89. The van der Waals surface area contributed by atoms with Crippen molar-refractivity contribution in [3.05, 3.63) is 70.2 Å². The average molecular weight is 484 g/mol. The van der Waals surface area contributed by atoms with Gasteiger partial charge in [-0.15, -0.1) is 0 Å². The van der Waals surface area contributed by atoms with Crippen molar-refractivity contribution in [2.45, 2.75) is 26.8 Å². The molecule has 1 aliphatic heterocycles. The molecule has 1 aromatic heterocycles. The summed E-state index contributed by atoms with van der Waals surface area (Å²) in [7, 11) is 0. The molecule has 0 bridgehead atoms. The molecule has 1 fully saturated rings. The number of hydrogen-bond acceptors (Lipinski definition) is 5. The summed E-state index contributed by atoms with van der Waals surface area (Å²) in [6, 6.07) is 15.4. The molecular formula is C24H22ClN3O2S2. The molecule has 5 nitrogen and oxygen atoms in total. The molecule has 0 aliphatic carbocycles. The second-order valence-electron chi connectivity index (χ2n) is 7.44. The predicted molar refractivity (Wildman–Crippen MR) is 135 cm³/mol. The van der Waals surface area contributed by atoms with Gasteiger partial charge in [0.25, 0.3) is 5.91 Å². The molecule has 1 aliphatic rings. The molecule has 3 aromatic rings. The Hall–Kier alpha value is -2.61. The average Bonchev–Trinajstić information content (AvgIpc) is 3.31. The number of rotatable bonds is 6. The standard InChI is InChI=1S/C24H22ClN3O2S2/c1-4-30-20-11-10-16(12-19(20)25)22-17(14-27(26-22)18-8-6-5-7-9-18)13-21-23(29)28(15(2)3)24(31)32-21/h5-15H,4H2,1-3H3/b21-13+. The third-order valence-corrected chi connectivity index (χ3v) is 6.52. The summed E-state index contributed by atoms with van der Waals surface area (Å²) in [5.74, 6) is 0.540. The van der Waals surface area contributed by atoms with Gasteiger partial charge in [0.2, 0.25) is 0 Å². The summed E-state index contributed by atoms with van der Waals surface area (Å²) in [5.41, 5.74) is 3.27. The maximum Gasteiger partial charge on any atom is 0.266 e. The third kappa shape index (κ3) is 4.46. The van der Waals surface area contributed by atoms with Crippen molar-refractivity contribution in [2.75, 3.05) is 6.61 Å². The number of para-hydroxylation sites is 1. The van der Waals surface area contributed by atoms with Crippen molar-refractivity contribution in [3.8, 4) is 22.7 Å². The molecule has 2 aromatic carbocycles. The first-order chi connectivity index (χ1) is 15.4. The van der Waals surface area contributed by atoms with Crippen molar-refractivity contribution in [2.24, 2.45) is 0 Å². The number of hydrogen-bond donors (Lipinski definition) is 0. The summed E-state index contributed by atoms with van der Waals surface area (Å²) in [4.78, 5) is 15.2. The zero-order valence-corrected chi connectivity index (χ0v) is 20.3. The van der Waals surface area contributed by atoms with Gasteiger partial charge < -0.3 is 4.74 Å². The van der Waals surface area contributed by atoms with E-state index in [0.717, 1.165) is 16.8 Å².